The van der Waals surface area contributed by atoms with Crippen LogP contribution in [0.3, 0.4) is 0 Å². The number of para-hydroxylation sites is 2. The fraction of sp³-hybridized carbons (Fsp3) is 0.188. The van der Waals surface area contributed by atoms with E-state index in [-0.39, 0.29) is 41.0 Å². The van der Waals surface area contributed by atoms with E-state index in [9.17, 15) is 9.90 Å². The third-order valence-corrected chi connectivity index (χ3v) is 2.67. The van der Waals surface area contributed by atoms with Crippen molar-refractivity contribution in [3.8, 4) is 11.5 Å². The maximum absolute atomic E-state index is 11.2. The van der Waals surface area contributed by atoms with Crippen LogP contribution in [0.15, 0.2) is 48.5 Å². The summed E-state index contributed by atoms with van der Waals surface area (Å²) in [4.78, 5) is 11.2. The molecule has 0 fully saturated rings. The zero-order valence-corrected chi connectivity index (χ0v) is 13.4. The molecule has 119 valence electrons. The van der Waals surface area contributed by atoms with Crippen molar-refractivity contribution >= 4 is 5.91 Å². The van der Waals surface area contributed by atoms with E-state index < -0.39 is 0 Å². The zero-order chi connectivity index (χ0) is 15.7. The van der Waals surface area contributed by atoms with Crippen LogP contribution >= 0.6 is 0 Å². The standard InChI is InChI=1S/C9H11NO2.C7H8NO.Mn/c1-2-10-9(12)7-5-3-4-6-8(7)11;8-5-6-3-1-2-4-7(6)9;/h3-6,11H,2H2,1H3,(H,10,12);1-4,8-9H,5H2;/q;-1;. The summed E-state index contributed by atoms with van der Waals surface area (Å²) in [6, 6.07) is 13.3. The number of aromatic hydroxyl groups is 2. The minimum absolute atomic E-state index is 0. The summed E-state index contributed by atoms with van der Waals surface area (Å²) in [7, 11) is 0. The molecule has 5 nitrogen and oxygen atoms in total. The van der Waals surface area contributed by atoms with Gasteiger partial charge in [-0.15, -0.1) is 6.54 Å². The van der Waals surface area contributed by atoms with Crippen molar-refractivity contribution in [2.24, 2.45) is 0 Å². The van der Waals surface area contributed by atoms with Gasteiger partial charge >= 0.3 is 0 Å². The van der Waals surface area contributed by atoms with Crippen LogP contribution < -0.4 is 5.32 Å². The SMILES string of the molecule is CCNC(=O)c1ccccc1O.[Mn].[NH-]Cc1ccccc1O. The van der Waals surface area contributed by atoms with E-state index in [0.29, 0.717) is 17.7 Å². The first-order valence-electron chi connectivity index (χ1n) is 6.57. The Balaban J connectivity index is 0.000000397. The Morgan fingerprint density at radius 1 is 1.05 bits per heavy atom. The minimum Gasteiger partial charge on any atom is -0.674 e. The number of benzene rings is 2. The van der Waals surface area contributed by atoms with Gasteiger partial charge in [0.05, 0.1) is 5.56 Å². The quantitative estimate of drug-likeness (QED) is 0.748. The van der Waals surface area contributed by atoms with Gasteiger partial charge in [0.1, 0.15) is 11.5 Å². The van der Waals surface area contributed by atoms with E-state index in [0.717, 1.165) is 0 Å². The number of hydrogen-bond donors (Lipinski definition) is 3. The first-order chi connectivity index (χ1) is 10.1. The van der Waals surface area contributed by atoms with E-state index in [1.165, 1.54) is 6.07 Å². The Morgan fingerprint density at radius 2 is 1.59 bits per heavy atom. The molecule has 2 rings (SSSR count). The summed E-state index contributed by atoms with van der Waals surface area (Å²) in [6.45, 7) is 2.54. The topological polar surface area (TPSA) is 93.4 Å². The predicted octanol–water partition coefficient (Wildman–Crippen LogP) is 3.08. The van der Waals surface area contributed by atoms with Crippen molar-refractivity contribution in [3.05, 3.63) is 65.4 Å². The summed E-state index contributed by atoms with van der Waals surface area (Å²) in [5.41, 5.74) is 7.92. The number of phenolic OH excluding ortho intramolecular Hbond substituents is 2. The maximum atomic E-state index is 11.2. The molecule has 4 N–H and O–H groups in total. The van der Waals surface area contributed by atoms with Gasteiger partial charge in [-0.3, -0.25) is 4.79 Å². The van der Waals surface area contributed by atoms with E-state index in [1.54, 1.807) is 36.4 Å². The van der Waals surface area contributed by atoms with Crippen molar-refractivity contribution in [1.29, 1.82) is 0 Å². The van der Waals surface area contributed by atoms with Gasteiger partial charge in [0.25, 0.3) is 5.91 Å². The van der Waals surface area contributed by atoms with Crippen molar-refractivity contribution in [3.63, 3.8) is 0 Å². The number of carbonyl (C=O) groups is 1. The first-order valence-corrected chi connectivity index (χ1v) is 6.57. The molecule has 2 aromatic rings. The van der Waals surface area contributed by atoms with Crippen molar-refractivity contribution in [2.75, 3.05) is 6.54 Å². The molecule has 0 saturated heterocycles. The third kappa shape index (κ3) is 6.18. The molecule has 0 aliphatic carbocycles. The van der Waals surface area contributed by atoms with Gasteiger partial charge in [0.2, 0.25) is 0 Å². The van der Waals surface area contributed by atoms with E-state index >= 15 is 0 Å². The van der Waals surface area contributed by atoms with Gasteiger partial charge < -0.3 is 21.3 Å². The molecule has 0 aromatic heterocycles. The Labute approximate surface area is 140 Å². The number of amides is 1. The van der Waals surface area contributed by atoms with E-state index in [4.69, 9.17) is 10.8 Å². The van der Waals surface area contributed by atoms with Crippen LogP contribution in [-0.2, 0) is 23.6 Å². The van der Waals surface area contributed by atoms with Crippen LogP contribution in [-0.4, -0.2) is 22.7 Å². The Hall–Kier alpha value is -2.01. The average Bonchev–Trinajstić information content (AvgIpc) is 2.49. The smallest absolute Gasteiger partial charge is 0.255 e. The molecule has 1 amide bonds. The number of nitrogens with one attached hydrogen (secondary N) is 2. The number of rotatable bonds is 3. The molecule has 0 unspecified atom stereocenters. The summed E-state index contributed by atoms with van der Waals surface area (Å²) >= 11 is 0. The second-order valence-corrected chi connectivity index (χ2v) is 4.18. The summed E-state index contributed by atoms with van der Waals surface area (Å²) in [5, 5.41) is 20.8. The fourth-order valence-electron chi connectivity index (χ4n) is 1.58. The Kier molecular flexibility index (Phi) is 9.70. The molecular weight excluding hydrogens is 323 g/mol. The van der Waals surface area contributed by atoms with Crippen molar-refractivity contribution in [1.82, 2.24) is 5.32 Å². The normalized spacial score (nSPS) is 9.00. The van der Waals surface area contributed by atoms with Gasteiger partial charge in [0.15, 0.2) is 0 Å². The molecule has 6 heteroatoms. The summed E-state index contributed by atoms with van der Waals surface area (Å²) < 4.78 is 0. The monoisotopic (exact) mass is 342 g/mol. The molecule has 0 heterocycles. The largest absolute Gasteiger partial charge is 0.674 e. The number of hydrogen-bond acceptors (Lipinski definition) is 3. The molecular formula is C16H19MnN2O3-. The zero-order valence-electron chi connectivity index (χ0n) is 12.2. The van der Waals surface area contributed by atoms with Gasteiger partial charge in [-0.25, -0.2) is 0 Å². The van der Waals surface area contributed by atoms with Gasteiger partial charge in [-0.1, -0.05) is 30.3 Å². The fourth-order valence-corrected chi connectivity index (χ4v) is 1.58. The average molecular weight is 342 g/mol. The van der Waals surface area contributed by atoms with Crippen molar-refractivity contribution in [2.45, 2.75) is 13.5 Å². The van der Waals surface area contributed by atoms with Gasteiger partial charge in [-0.2, -0.15) is 0 Å². The van der Waals surface area contributed by atoms with Crippen LogP contribution in [0.25, 0.3) is 5.73 Å². The van der Waals surface area contributed by atoms with Crippen LogP contribution in [0, 0.1) is 0 Å². The first kappa shape index (κ1) is 20.0. The second kappa shape index (κ2) is 10.7. The number of carbonyl (C=O) groups excluding carboxylic acids is 1. The maximum Gasteiger partial charge on any atom is 0.255 e. The van der Waals surface area contributed by atoms with Crippen LogP contribution in [0.5, 0.6) is 11.5 Å². The van der Waals surface area contributed by atoms with Crippen molar-refractivity contribution < 1.29 is 32.1 Å². The Bertz CT molecular complexity index is 591. The second-order valence-electron chi connectivity index (χ2n) is 4.18. The van der Waals surface area contributed by atoms with Crippen LogP contribution in [0.1, 0.15) is 22.8 Å². The molecule has 22 heavy (non-hydrogen) atoms. The molecule has 0 aliphatic heterocycles. The Morgan fingerprint density at radius 3 is 2.05 bits per heavy atom. The molecule has 2 aromatic carbocycles. The van der Waals surface area contributed by atoms with Gasteiger partial charge in [0, 0.05) is 23.6 Å². The van der Waals surface area contributed by atoms with Crippen LogP contribution in [0.4, 0.5) is 0 Å². The summed E-state index contributed by atoms with van der Waals surface area (Å²) in [6.07, 6.45) is 0. The molecule has 0 atom stereocenters. The predicted molar refractivity (Wildman–Crippen MR) is 82.2 cm³/mol. The third-order valence-electron chi connectivity index (χ3n) is 2.67. The molecule has 1 radical (unpaired) electrons. The molecule has 0 bridgehead atoms. The summed E-state index contributed by atoms with van der Waals surface area (Å²) in [5.74, 6) is -0.00782. The molecule has 0 spiro atoms. The van der Waals surface area contributed by atoms with E-state index in [2.05, 4.69) is 5.32 Å². The van der Waals surface area contributed by atoms with Crippen LogP contribution in [0.2, 0.25) is 0 Å². The number of phenols is 2. The minimum atomic E-state index is -0.240. The molecule has 0 saturated carbocycles. The van der Waals surface area contributed by atoms with E-state index in [1.807, 2.05) is 13.0 Å². The molecule has 0 aliphatic rings. The van der Waals surface area contributed by atoms with Gasteiger partial charge in [-0.05, 0) is 30.7 Å².